The normalized spacial score (nSPS) is 26.1. The highest BCUT2D eigenvalue weighted by atomic mass is 15.2. The van der Waals surface area contributed by atoms with Crippen LogP contribution in [0.2, 0.25) is 0 Å². The van der Waals surface area contributed by atoms with Crippen molar-refractivity contribution in [3.8, 4) is 0 Å². The number of hydrogen-bond donors (Lipinski definition) is 1. The fraction of sp³-hybridized carbons (Fsp3) is 0.800. The van der Waals surface area contributed by atoms with Gasteiger partial charge in [-0.3, -0.25) is 0 Å². The van der Waals surface area contributed by atoms with Crippen LogP contribution in [0.5, 0.6) is 0 Å². The van der Waals surface area contributed by atoms with E-state index in [0.717, 1.165) is 25.6 Å². The Morgan fingerprint density at radius 3 is 2.89 bits per heavy atom. The van der Waals surface area contributed by atoms with Gasteiger partial charge < -0.3 is 14.8 Å². The molecule has 2 aliphatic heterocycles. The van der Waals surface area contributed by atoms with Gasteiger partial charge in [0.1, 0.15) is 0 Å². The number of imidazole rings is 1. The van der Waals surface area contributed by atoms with Crippen molar-refractivity contribution < 1.29 is 0 Å². The zero-order chi connectivity index (χ0) is 13.1. The second-order valence-electron chi connectivity index (χ2n) is 6.04. The zero-order valence-electron chi connectivity index (χ0n) is 12.0. The Kier molecular flexibility index (Phi) is 4.18. The minimum Gasteiger partial charge on any atom is -0.334 e. The van der Waals surface area contributed by atoms with Crippen molar-refractivity contribution in [2.75, 3.05) is 32.7 Å². The molecule has 1 unspecified atom stereocenters. The van der Waals surface area contributed by atoms with Crippen LogP contribution in [0.3, 0.4) is 0 Å². The van der Waals surface area contributed by atoms with E-state index >= 15 is 0 Å². The number of piperidine rings is 1. The van der Waals surface area contributed by atoms with Crippen LogP contribution in [0.1, 0.15) is 37.8 Å². The van der Waals surface area contributed by atoms with Crippen molar-refractivity contribution in [3.05, 3.63) is 18.2 Å². The Morgan fingerprint density at radius 2 is 2.16 bits per heavy atom. The third kappa shape index (κ3) is 3.00. The molecule has 19 heavy (non-hydrogen) atoms. The van der Waals surface area contributed by atoms with Gasteiger partial charge in [0, 0.05) is 30.9 Å². The topological polar surface area (TPSA) is 33.1 Å². The average molecular weight is 262 g/mol. The van der Waals surface area contributed by atoms with Gasteiger partial charge in [-0.25, -0.2) is 4.98 Å². The molecule has 3 heterocycles. The summed E-state index contributed by atoms with van der Waals surface area (Å²) < 4.78 is 2.43. The summed E-state index contributed by atoms with van der Waals surface area (Å²) in [6, 6.07) is 0. The summed E-state index contributed by atoms with van der Waals surface area (Å²) in [5, 5.41) is 3.45. The van der Waals surface area contributed by atoms with Gasteiger partial charge in [0.25, 0.3) is 0 Å². The predicted octanol–water partition coefficient (Wildman–Crippen LogP) is 1.69. The summed E-state index contributed by atoms with van der Waals surface area (Å²) in [4.78, 5) is 6.97. The Hall–Kier alpha value is -0.870. The monoisotopic (exact) mass is 262 g/mol. The van der Waals surface area contributed by atoms with E-state index in [2.05, 4.69) is 32.9 Å². The molecule has 1 aromatic heterocycles. The molecular formula is C15H26N4. The molecular weight excluding hydrogens is 236 g/mol. The summed E-state index contributed by atoms with van der Waals surface area (Å²) in [5.74, 6) is 1.53. The van der Waals surface area contributed by atoms with Crippen LogP contribution in [0, 0.1) is 5.92 Å². The van der Waals surface area contributed by atoms with Gasteiger partial charge in [-0.2, -0.15) is 0 Å². The lowest BCUT2D eigenvalue weighted by atomic mass is 9.94. The largest absolute Gasteiger partial charge is 0.334 e. The van der Waals surface area contributed by atoms with Gasteiger partial charge in [0.05, 0.1) is 6.33 Å². The van der Waals surface area contributed by atoms with E-state index < -0.39 is 0 Å². The number of likely N-dealkylation sites (tertiary alicyclic amines) is 1. The van der Waals surface area contributed by atoms with Crippen LogP contribution in [0.25, 0.3) is 0 Å². The Balaban J connectivity index is 1.63. The average Bonchev–Trinajstić information content (AvgIpc) is 3.09. The number of rotatable bonds is 4. The Labute approximate surface area is 116 Å². The molecule has 2 aliphatic rings. The van der Waals surface area contributed by atoms with E-state index in [4.69, 9.17) is 0 Å². The second-order valence-corrected chi connectivity index (χ2v) is 6.04. The van der Waals surface area contributed by atoms with E-state index in [1.807, 2.05) is 6.33 Å². The highest BCUT2D eigenvalue weighted by Crippen LogP contribution is 2.26. The van der Waals surface area contributed by atoms with Crippen molar-refractivity contribution in [2.24, 2.45) is 5.92 Å². The molecule has 2 fully saturated rings. The van der Waals surface area contributed by atoms with Gasteiger partial charge in [-0.15, -0.1) is 0 Å². The molecule has 0 amide bonds. The third-order valence-corrected chi connectivity index (χ3v) is 4.77. The minimum absolute atomic E-state index is 0.715. The van der Waals surface area contributed by atoms with E-state index in [0.29, 0.717) is 5.92 Å². The van der Waals surface area contributed by atoms with Crippen LogP contribution < -0.4 is 5.32 Å². The first kappa shape index (κ1) is 13.1. The van der Waals surface area contributed by atoms with Crippen LogP contribution in [0.4, 0.5) is 0 Å². The van der Waals surface area contributed by atoms with E-state index in [1.165, 1.54) is 44.6 Å². The van der Waals surface area contributed by atoms with E-state index in [1.54, 1.807) is 0 Å². The van der Waals surface area contributed by atoms with Gasteiger partial charge in [0.2, 0.25) is 0 Å². The Morgan fingerprint density at radius 1 is 1.32 bits per heavy atom. The van der Waals surface area contributed by atoms with Crippen molar-refractivity contribution >= 4 is 0 Å². The summed E-state index contributed by atoms with van der Waals surface area (Å²) in [6.07, 6.45) is 8.01. The molecule has 1 N–H and O–H groups in total. The van der Waals surface area contributed by atoms with Gasteiger partial charge in [0.15, 0.2) is 0 Å². The molecule has 1 aromatic rings. The summed E-state index contributed by atoms with van der Waals surface area (Å²) >= 11 is 0. The second kappa shape index (κ2) is 6.06. The molecule has 4 heteroatoms. The van der Waals surface area contributed by atoms with Crippen molar-refractivity contribution in [1.82, 2.24) is 19.8 Å². The molecule has 1 atom stereocenters. The molecule has 0 saturated carbocycles. The van der Waals surface area contributed by atoms with Crippen LogP contribution in [-0.2, 0) is 6.54 Å². The highest BCUT2D eigenvalue weighted by molar-refractivity contribution is 5.08. The van der Waals surface area contributed by atoms with E-state index in [-0.39, 0.29) is 0 Å². The summed E-state index contributed by atoms with van der Waals surface area (Å²) in [6.45, 7) is 9.47. The lowest BCUT2D eigenvalue weighted by Gasteiger charge is -2.24. The number of aromatic nitrogens is 2. The summed E-state index contributed by atoms with van der Waals surface area (Å²) in [7, 11) is 0. The SMILES string of the molecule is CCN1CCC(Cn2cncc2C2CCNCC2)C1. The zero-order valence-corrected chi connectivity index (χ0v) is 12.0. The predicted molar refractivity (Wildman–Crippen MR) is 77.3 cm³/mol. The van der Waals surface area contributed by atoms with Crippen LogP contribution in [-0.4, -0.2) is 47.2 Å². The maximum absolute atomic E-state index is 4.41. The van der Waals surface area contributed by atoms with Crippen LogP contribution in [0.15, 0.2) is 12.5 Å². The number of hydrogen-bond acceptors (Lipinski definition) is 3. The highest BCUT2D eigenvalue weighted by Gasteiger charge is 2.24. The molecule has 0 aromatic carbocycles. The maximum Gasteiger partial charge on any atom is 0.0948 e. The minimum atomic E-state index is 0.715. The smallest absolute Gasteiger partial charge is 0.0948 e. The Bertz CT molecular complexity index is 395. The third-order valence-electron chi connectivity index (χ3n) is 4.77. The van der Waals surface area contributed by atoms with E-state index in [9.17, 15) is 0 Å². The first-order valence-corrected chi connectivity index (χ1v) is 7.80. The molecule has 0 bridgehead atoms. The first-order chi connectivity index (χ1) is 9.36. The summed E-state index contributed by atoms with van der Waals surface area (Å²) in [5.41, 5.74) is 1.47. The lowest BCUT2D eigenvalue weighted by Crippen LogP contribution is -2.28. The molecule has 4 nitrogen and oxygen atoms in total. The maximum atomic E-state index is 4.41. The van der Waals surface area contributed by atoms with Gasteiger partial charge in [-0.1, -0.05) is 6.92 Å². The number of nitrogens with one attached hydrogen (secondary N) is 1. The fourth-order valence-electron chi connectivity index (χ4n) is 3.57. The molecule has 2 saturated heterocycles. The van der Waals surface area contributed by atoms with Crippen LogP contribution >= 0.6 is 0 Å². The lowest BCUT2D eigenvalue weighted by molar-refractivity contribution is 0.329. The molecule has 0 aliphatic carbocycles. The van der Waals surface area contributed by atoms with Crippen molar-refractivity contribution in [1.29, 1.82) is 0 Å². The molecule has 3 rings (SSSR count). The first-order valence-electron chi connectivity index (χ1n) is 7.80. The standard InChI is InChI=1S/C15H26N4/c1-2-18-8-5-13(10-18)11-19-12-17-9-15(19)14-3-6-16-7-4-14/h9,12-14,16H,2-8,10-11H2,1H3. The molecule has 106 valence electrons. The quantitative estimate of drug-likeness (QED) is 0.896. The van der Waals surface area contributed by atoms with Crippen molar-refractivity contribution in [2.45, 2.75) is 38.6 Å². The van der Waals surface area contributed by atoms with Gasteiger partial charge >= 0.3 is 0 Å². The molecule has 0 spiro atoms. The molecule has 0 radical (unpaired) electrons. The number of nitrogens with zero attached hydrogens (tertiary/aromatic N) is 3. The van der Waals surface area contributed by atoms with Crippen molar-refractivity contribution in [3.63, 3.8) is 0 Å². The van der Waals surface area contributed by atoms with Gasteiger partial charge in [-0.05, 0) is 51.4 Å². The fourth-order valence-corrected chi connectivity index (χ4v) is 3.57.